The number of rotatable bonds is 6. The van der Waals surface area contributed by atoms with Gasteiger partial charge in [-0.05, 0) is 43.2 Å². The largest absolute Gasteiger partial charge is 0.452 e. The second kappa shape index (κ2) is 8.09. The second-order valence-corrected chi connectivity index (χ2v) is 6.56. The molecule has 8 heteroatoms. The fraction of sp³-hybridized carbons (Fsp3) is 0.211. The number of esters is 1. The Morgan fingerprint density at radius 2 is 1.89 bits per heavy atom. The molecule has 1 aliphatic carbocycles. The molecule has 7 nitrogen and oxygen atoms in total. The number of carbonyl (C=O) groups is 3. The molecule has 0 bridgehead atoms. The second-order valence-electron chi connectivity index (χ2n) is 6.15. The summed E-state index contributed by atoms with van der Waals surface area (Å²) >= 11 is 5.80. The highest BCUT2D eigenvalue weighted by molar-refractivity contribution is 6.33. The summed E-state index contributed by atoms with van der Waals surface area (Å²) in [6.45, 7) is -0.500. The maximum atomic E-state index is 12.2. The highest BCUT2D eigenvalue weighted by Gasteiger charge is 2.25. The number of ether oxygens (including phenoxy) is 1. The lowest BCUT2D eigenvalue weighted by molar-refractivity contribution is -0.119. The van der Waals surface area contributed by atoms with Crippen molar-refractivity contribution < 1.29 is 19.1 Å². The lowest BCUT2D eigenvalue weighted by Gasteiger charge is -2.11. The SMILES string of the molecule is Nc1cc(C(=O)OCC(=O)Nc2ccccc2C(=O)NC2CC2)ccc1Cl. The third-order valence-corrected chi connectivity index (χ3v) is 4.27. The number of nitrogens with two attached hydrogens (primary N) is 1. The predicted octanol–water partition coefficient (Wildman–Crippen LogP) is 2.61. The Balaban J connectivity index is 1.58. The smallest absolute Gasteiger partial charge is 0.338 e. The van der Waals surface area contributed by atoms with Crippen LogP contribution >= 0.6 is 11.6 Å². The number of carbonyl (C=O) groups excluding carboxylic acids is 3. The van der Waals surface area contributed by atoms with E-state index < -0.39 is 18.5 Å². The highest BCUT2D eigenvalue weighted by atomic mass is 35.5. The average Bonchev–Trinajstić information content (AvgIpc) is 3.46. The van der Waals surface area contributed by atoms with Gasteiger partial charge in [0.15, 0.2) is 6.61 Å². The number of anilines is 2. The van der Waals surface area contributed by atoms with Crippen molar-refractivity contribution in [2.45, 2.75) is 18.9 Å². The summed E-state index contributed by atoms with van der Waals surface area (Å²) in [6.07, 6.45) is 1.93. The Bertz CT molecular complexity index is 896. The van der Waals surface area contributed by atoms with Crippen LogP contribution in [0.15, 0.2) is 42.5 Å². The summed E-state index contributed by atoms with van der Waals surface area (Å²) in [5.41, 5.74) is 6.78. The van der Waals surface area contributed by atoms with Crippen LogP contribution in [0.3, 0.4) is 0 Å². The van der Waals surface area contributed by atoms with Crippen LogP contribution in [-0.2, 0) is 9.53 Å². The molecule has 27 heavy (non-hydrogen) atoms. The van der Waals surface area contributed by atoms with Gasteiger partial charge >= 0.3 is 5.97 Å². The Kier molecular flexibility index (Phi) is 5.61. The van der Waals surface area contributed by atoms with Crippen LogP contribution in [-0.4, -0.2) is 30.4 Å². The summed E-state index contributed by atoms with van der Waals surface area (Å²) in [5, 5.41) is 5.78. The zero-order chi connectivity index (χ0) is 19.4. The van der Waals surface area contributed by atoms with Gasteiger partial charge in [-0.3, -0.25) is 9.59 Å². The molecule has 3 rings (SSSR count). The Morgan fingerprint density at radius 1 is 1.15 bits per heavy atom. The normalized spacial score (nSPS) is 12.9. The fourth-order valence-corrected chi connectivity index (χ4v) is 2.47. The van der Waals surface area contributed by atoms with E-state index in [2.05, 4.69) is 10.6 Å². The molecule has 1 saturated carbocycles. The summed E-state index contributed by atoms with van der Waals surface area (Å²) in [7, 11) is 0. The van der Waals surface area contributed by atoms with Crippen LogP contribution in [0.25, 0.3) is 0 Å². The molecule has 0 atom stereocenters. The molecule has 0 radical (unpaired) electrons. The minimum atomic E-state index is -0.701. The number of amides is 2. The maximum Gasteiger partial charge on any atom is 0.338 e. The number of nitrogens with one attached hydrogen (secondary N) is 2. The van der Waals surface area contributed by atoms with E-state index in [9.17, 15) is 14.4 Å². The summed E-state index contributed by atoms with van der Waals surface area (Å²) in [4.78, 5) is 36.4. The molecule has 140 valence electrons. The lowest BCUT2D eigenvalue weighted by Crippen LogP contribution is -2.28. The van der Waals surface area contributed by atoms with Crippen molar-refractivity contribution in [2.75, 3.05) is 17.7 Å². The minimum absolute atomic E-state index is 0.189. The van der Waals surface area contributed by atoms with E-state index in [1.54, 1.807) is 24.3 Å². The van der Waals surface area contributed by atoms with Crippen LogP contribution in [0, 0.1) is 0 Å². The number of halogens is 1. The molecule has 1 aliphatic rings. The molecule has 0 aliphatic heterocycles. The fourth-order valence-electron chi connectivity index (χ4n) is 2.35. The number of para-hydroxylation sites is 1. The molecule has 0 heterocycles. The lowest BCUT2D eigenvalue weighted by atomic mass is 10.1. The molecule has 0 spiro atoms. The zero-order valence-corrected chi connectivity index (χ0v) is 15.1. The van der Waals surface area contributed by atoms with E-state index >= 15 is 0 Å². The van der Waals surface area contributed by atoms with E-state index in [-0.39, 0.29) is 23.2 Å². The molecule has 2 aromatic rings. The summed E-state index contributed by atoms with van der Waals surface area (Å²) in [5.74, 6) is -1.51. The molecule has 2 amide bonds. The minimum Gasteiger partial charge on any atom is -0.452 e. The van der Waals surface area contributed by atoms with Crippen LogP contribution in [0.4, 0.5) is 11.4 Å². The molecular formula is C19H18ClN3O4. The zero-order valence-electron chi connectivity index (χ0n) is 14.3. The number of hydrogen-bond acceptors (Lipinski definition) is 5. The Hall–Kier alpha value is -3.06. The van der Waals surface area contributed by atoms with E-state index in [4.69, 9.17) is 22.1 Å². The van der Waals surface area contributed by atoms with E-state index in [0.29, 0.717) is 16.3 Å². The Labute approximate surface area is 160 Å². The standard InChI is InChI=1S/C19H18ClN3O4/c20-14-8-5-11(9-15(14)21)19(26)27-10-17(24)23-16-4-2-1-3-13(16)18(25)22-12-6-7-12/h1-5,8-9,12H,6-7,10,21H2,(H,22,25)(H,23,24). The first-order valence-corrected chi connectivity index (χ1v) is 8.73. The van der Waals surface area contributed by atoms with Crippen molar-refractivity contribution in [3.63, 3.8) is 0 Å². The number of benzene rings is 2. The molecular weight excluding hydrogens is 370 g/mol. The van der Waals surface area contributed by atoms with Gasteiger partial charge < -0.3 is 21.1 Å². The van der Waals surface area contributed by atoms with Crippen LogP contribution < -0.4 is 16.4 Å². The van der Waals surface area contributed by atoms with Gasteiger partial charge in [0.25, 0.3) is 11.8 Å². The number of nitrogen functional groups attached to an aromatic ring is 1. The van der Waals surface area contributed by atoms with Gasteiger partial charge in [0.2, 0.25) is 0 Å². The van der Waals surface area contributed by atoms with E-state index in [1.165, 1.54) is 18.2 Å². The van der Waals surface area contributed by atoms with Crippen molar-refractivity contribution in [3.05, 3.63) is 58.6 Å². The first kappa shape index (κ1) is 18.7. The van der Waals surface area contributed by atoms with Gasteiger partial charge in [-0.1, -0.05) is 23.7 Å². The third kappa shape index (κ3) is 4.98. The van der Waals surface area contributed by atoms with Gasteiger partial charge in [-0.2, -0.15) is 0 Å². The van der Waals surface area contributed by atoms with Gasteiger partial charge in [0.1, 0.15) is 0 Å². The molecule has 0 unspecified atom stereocenters. The first-order valence-electron chi connectivity index (χ1n) is 8.36. The van der Waals surface area contributed by atoms with Crippen LogP contribution in [0.2, 0.25) is 5.02 Å². The van der Waals surface area contributed by atoms with Crippen molar-refractivity contribution in [3.8, 4) is 0 Å². The van der Waals surface area contributed by atoms with Gasteiger partial charge in [0.05, 0.1) is 27.5 Å². The molecule has 4 N–H and O–H groups in total. The van der Waals surface area contributed by atoms with Crippen molar-refractivity contribution in [2.24, 2.45) is 0 Å². The Morgan fingerprint density at radius 3 is 2.59 bits per heavy atom. The number of hydrogen-bond donors (Lipinski definition) is 3. The van der Waals surface area contributed by atoms with Crippen LogP contribution in [0.5, 0.6) is 0 Å². The van der Waals surface area contributed by atoms with E-state index in [0.717, 1.165) is 12.8 Å². The molecule has 1 fully saturated rings. The molecule has 0 aromatic heterocycles. The summed E-state index contributed by atoms with van der Waals surface area (Å²) in [6, 6.07) is 11.2. The quantitative estimate of drug-likeness (QED) is 0.521. The van der Waals surface area contributed by atoms with Crippen LogP contribution in [0.1, 0.15) is 33.6 Å². The predicted molar refractivity (Wildman–Crippen MR) is 102 cm³/mol. The monoisotopic (exact) mass is 387 g/mol. The van der Waals surface area contributed by atoms with Crippen molar-refractivity contribution in [1.29, 1.82) is 0 Å². The first-order chi connectivity index (χ1) is 12.9. The molecule has 0 saturated heterocycles. The topological polar surface area (TPSA) is 111 Å². The maximum absolute atomic E-state index is 12.2. The highest BCUT2D eigenvalue weighted by Crippen LogP contribution is 2.22. The van der Waals surface area contributed by atoms with Gasteiger partial charge in [0, 0.05) is 6.04 Å². The van der Waals surface area contributed by atoms with Gasteiger partial charge in [-0.15, -0.1) is 0 Å². The average molecular weight is 388 g/mol. The van der Waals surface area contributed by atoms with E-state index in [1.807, 2.05) is 0 Å². The molecule has 2 aromatic carbocycles. The van der Waals surface area contributed by atoms with Crippen molar-refractivity contribution in [1.82, 2.24) is 5.32 Å². The van der Waals surface area contributed by atoms with Gasteiger partial charge in [-0.25, -0.2) is 4.79 Å². The van der Waals surface area contributed by atoms with Crippen molar-refractivity contribution >= 4 is 40.8 Å². The summed E-state index contributed by atoms with van der Waals surface area (Å²) < 4.78 is 4.98. The third-order valence-electron chi connectivity index (χ3n) is 3.92.